The van der Waals surface area contributed by atoms with Crippen LogP contribution in [0.25, 0.3) is 10.8 Å². The fourth-order valence-electron chi connectivity index (χ4n) is 1.39. The van der Waals surface area contributed by atoms with Gasteiger partial charge in [0.15, 0.2) is 0 Å². The maximum absolute atomic E-state index is 12.9. The van der Waals surface area contributed by atoms with E-state index < -0.39 is 10.7 Å². The minimum atomic E-state index is -0.512. The summed E-state index contributed by atoms with van der Waals surface area (Å²) in [5, 5.41) is 11.6. The van der Waals surface area contributed by atoms with E-state index in [0.29, 0.717) is 10.8 Å². The Morgan fingerprint density at radius 2 is 2.00 bits per heavy atom. The lowest BCUT2D eigenvalue weighted by Gasteiger charge is -1.98. The van der Waals surface area contributed by atoms with Gasteiger partial charge in [-0.25, -0.2) is 4.39 Å². The molecule has 0 spiro atoms. The van der Waals surface area contributed by atoms with Crippen LogP contribution in [-0.2, 0) is 0 Å². The van der Waals surface area contributed by atoms with Crippen LogP contribution in [0.1, 0.15) is 0 Å². The molecule has 0 amide bonds. The van der Waals surface area contributed by atoms with Gasteiger partial charge in [0.2, 0.25) is 0 Å². The van der Waals surface area contributed by atoms with Crippen LogP contribution in [0, 0.1) is 15.9 Å². The van der Waals surface area contributed by atoms with Crippen molar-refractivity contribution in [2.24, 2.45) is 0 Å². The molecule has 0 aliphatic heterocycles. The Bertz CT molecular complexity index is 510. The highest BCUT2D eigenvalue weighted by Gasteiger charge is 2.10. The van der Waals surface area contributed by atoms with Gasteiger partial charge in [-0.1, -0.05) is 18.2 Å². The van der Waals surface area contributed by atoms with E-state index in [0.717, 1.165) is 0 Å². The normalized spacial score (nSPS) is 10.4. The van der Waals surface area contributed by atoms with Gasteiger partial charge in [0.1, 0.15) is 5.82 Å². The first-order valence-corrected chi connectivity index (χ1v) is 4.01. The van der Waals surface area contributed by atoms with Crippen LogP contribution in [0.15, 0.2) is 36.4 Å². The fraction of sp³-hybridized carbons (Fsp3) is 0. The Hall–Kier alpha value is -1.97. The highest BCUT2D eigenvalue weighted by atomic mass is 19.1. The van der Waals surface area contributed by atoms with Crippen LogP contribution >= 0.6 is 0 Å². The molecule has 0 atom stereocenters. The summed E-state index contributed by atoms with van der Waals surface area (Å²) in [6, 6.07) is 8.64. The Balaban J connectivity index is 2.84. The largest absolute Gasteiger partial charge is 0.277 e. The van der Waals surface area contributed by atoms with Crippen molar-refractivity contribution in [2.45, 2.75) is 0 Å². The number of benzene rings is 2. The SMILES string of the molecule is O=[N+]([O-])c1cccc2ccc(F)cc12. The van der Waals surface area contributed by atoms with Gasteiger partial charge >= 0.3 is 0 Å². The molecule has 0 N–H and O–H groups in total. The molecular formula is C10H6FNO2. The second kappa shape index (κ2) is 3.06. The molecule has 3 nitrogen and oxygen atoms in total. The maximum atomic E-state index is 12.9. The predicted octanol–water partition coefficient (Wildman–Crippen LogP) is 2.89. The molecule has 0 saturated heterocycles. The average molecular weight is 191 g/mol. The summed E-state index contributed by atoms with van der Waals surface area (Å²) in [5.74, 6) is -0.466. The molecule has 0 aliphatic rings. The summed E-state index contributed by atoms with van der Waals surface area (Å²) in [6.45, 7) is 0. The Morgan fingerprint density at radius 1 is 1.21 bits per heavy atom. The van der Waals surface area contributed by atoms with Gasteiger partial charge in [0, 0.05) is 6.07 Å². The van der Waals surface area contributed by atoms with Crippen LogP contribution in [0.3, 0.4) is 0 Å². The third-order valence-electron chi connectivity index (χ3n) is 2.02. The molecule has 70 valence electrons. The van der Waals surface area contributed by atoms with Crippen molar-refractivity contribution in [3.8, 4) is 0 Å². The minimum absolute atomic E-state index is 0.0676. The van der Waals surface area contributed by atoms with Crippen LogP contribution in [-0.4, -0.2) is 4.92 Å². The molecule has 2 aromatic carbocycles. The summed E-state index contributed by atoms with van der Waals surface area (Å²) < 4.78 is 12.9. The second-order valence-corrected chi connectivity index (χ2v) is 2.90. The number of halogens is 1. The van der Waals surface area contributed by atoms with Gasteiger partial charge in [-0.3, -0.25) is 10.1 Å². The number of hydrogen-bond donors (Lipinski definition) is 0. The summed E-state index contributed by atoms with van der Waals surface area (Å²) >= 11 is 0. The Morgan fingerprint density at radius 3 is 2.71 bits per heavy atom. The molecule has 0 aliphatic carbocycles. The van der Waals surface area contributed by atoms with Crippen molar-refractivity contribution in [3.05, 3.63) is 52.3 Å². The molecule has 0 fully saturated rings. The fourth-order valence-corrected chi connectivity index (χ4v) is 1.39. The van der Waals surface area contributed by atoms with Gasteiger partial charge in [-0.2, -0.15) is 0 Å². The first kappa shape index (κ1) is 8.62. The van der Waals surface area contributed by atoms with Gasteiger partial charge in [0.05, 0.1) is 10.3 Å². The zero-order chi connectivity index (χ0) is 10.1. The van der Waals surface area contributed by atoms with Gasteiger partial charge in [-0.15, -0.1) is 0 Å². The zero-order valence-corrected chi connectivity index (χ0v) is 7.11. The molecule has 0 saturated carbocycles. The van der Waals surface area contributed by atoms with E-state index in [9.17, 15) is 14.5 Å². The van der Waals surface area contributed by atoms with E-state index in [1.165, 1.54) is 24.3 Å². The van der Waals surface area contributed by atoms with Crippen molar-refractivity contribution in [1.29, 1.82) is 0 Å². The van der Waals surface area contributed by atoms with Gasteiger partial charge in [-0.05, 0) is 17.5 Å². The topological polar surface area (TPSA) is 43.1 Å². The minimum Gasteiger partial charge on any atom is -0.258 e. The smallest absolute Gasteiger partial charge is 0.258 e. The number of nitro benzene ring substituents is 1. The van der Waals surface area contributed by atoms with Gasteiger partial charge in [0.25, 0.3) is 5.69 Å². The Labute approximate surface area is 78.9 Å². The Kier molecular flexibility index (Phi) is 1.89. The molecule has 0 unspecified atom stereocenters. The van der Waals surface area contributed by atoms with E-state index in [1.54, 1.807) is 12.1 Å². The average Bonchev–Trinajstić information content (AvgIpc) is 2.16. The number of nitro groups is 1. The highest BCUT2D eigenvalue weighted by molar-refractivity contribution is 5.90. The first-order valence-electron chi connectivity index (χ1n) is 4.01. The summed E-state index contributed by atoms with van der Waals surface area (Å²) in [7, 11) is 0. The van der Waals surface area contributed by atoms with E-state index >= 15 is 0 Å². The zero-order valence-electron chi connectivity index (χ0n) is 7.11. The quantitative estimate of drug-likeness (QED) is 0.513. The van der Waals surface area contributed by atoms with Crippen LogP contribution in [0.4, 0.5) is 10.1 Å². The van der Waals surface area contributed by atoms with Crippen molar-refractivity contribution >= 4 is 16.5 Å². The lowest BCUT2D eigenvalue weighted by atomic mass is 10.1. The second-order valence-electron chi connectivity index (χ2n) is 2.90. The van der Waals surface area contributed by atoms with E-state index in [-0.39, 0.29) is 5.69 Å². The number of nitrogens with zero attached hydrogens (tertiary/aromatic N) is 1. The first-order chi connectivity index (χ1) is 6.68. The van der Waals surface area contributed by atoms with Crippen molar-refractivity contribution in [2.75, 3.05) is 0 Å². The molecule has 0 bridgehead atoms. The van der Waals surface area contributed by atoms with E-state index in [4.69, 9.17) is 0 Å². The monoisotopic (exact) mass is 191 g/mol. The van der Waals surface area contributed by atoms with Crippen LogP contribution in [0.5, 0.6) is 0 Å². The lowest BCUT2D eigenvalue weighted by Crippen LogP contribution is -1.89. The molecule has 2 aromatic rings. The molecule has 2 rings (SSSR count). The van der Waals surface area contributed by atoms with Crippen molar-refractivity contribution in [3.63, 3.8) is 0 Å². The lowest BCUT2D eigenvalue weighted by molar-refractivity contribution is -0.383. The van der Waals surface area contributed by atoms with Crippen molar-refractivity contribution in [1.82, 2.24) is 0 Å². The molecular weight excluding hydrogens is 185 g/mol. The van der Waals surface area contributed by atoms with Crippen LogP contribution in [0.2, 0.25) is 0 Å². The van der Waals surface area contributed by atoms with Crippen molar-refractivity contribution < 1.29 is 9.31 Å². The molecule has 0 aromatic heterocycles. The standard InChI is InChI=1S/C10H6FNO2/c11-8-5-4-7-2-1-3-10(12(13)14)9(7)6-8/h1-6H. The number of rotatable bonds is 1. The van der Waals surface area contributed by atoms with Crippen LogP contribution < -0.4 is 0 Å². The summed E-state index contributed by atoms with van der Waals surface area (Å²) in [6.07, 6.45) is 0. The molecule has 4 heteroatoms. The van der Waals surface area contributed by atoms with E-state index in [2.05, 4.69) is 0 Å². The predicted molar refractivity (Wildman–Crippen MR) is 50.6 cm³/mol. The van der Waals surface area contributed by atoms with Gasteiger partial charge < -0.3 is 0 Å². The molecule has 14 heavy (non-hydrogen) atoms. The third kappa shape index (κ3) is 1.31. The van der Waals surface area contributed by atoms with E-state index in [1.807, 2.05) is 0 Å². The summed E-state index contributed by atoms with van der Waals surface area (Å²) in [5.41, 5.74) is -0.0676. The maximum Gasteiger partial charge on any atom is 0.277 e. The molecule has 0 radical (unpaired) electrons. The number of hydrogen-bond acceptors (Lipinski definition) is 2. The summed E-state index contributed by atoms with van der Waals surface area (Å²) in [4.78, 5) is 10.1. The number of fused-ring (bicyclic) bond motifs is 1. The number of non-ortho nitro benzene ring substituents is 1. The highest BCUT2D eigenvalue weighted by Crippen LogP contribution is 2.25. The molecule has 0 heterocycles. The third-order valence-corrected chi connectivity index (χ3v) is 2.02.